The lowest BCUT2D eigenvalue weighted by Gasteiger charge is -2.29. The van der Waals surface area contributed by atoms with Gasteiger partial charge >= 0.3 is 0 Å². The van der Waals surface area contributed by atoms with Crippen molar-refractivity contribution in [2.75, 3.05) is 7.05 Å². The van der Waals surface area contributed by atoms with Crippen LogP contribution in [0.5, 0.6) is 0 Å². The second-order valence-corrected chi connectivity index (χ2v) is 6.16. The molecule has 1 unspecified atom stereocenters. The molecular formula is C15H21F2N. The van der Waals surface area contributed by atoms with Crippen molar-refractivity contribution in [3.63, 3.8) is 0 Å². The Kier molecular flexibility index (Phi) is 3.45. The molecule has 1 aromatic rings. The van der Waals surface area contributed by atoms with E-state index in [1.165, 1.54) is 6.07 Å². The van der Waals surface area contributed by atoms with Gasteiger partial charge in [0.15, 0.2) is 0 Å². The van der Waals surface area contributed by atoms with Gasteiger partial charge in [-0.1, -0.05) is 20.8 Å². The summed E-state index contributed by atoms with van der Waals surface area (Å²) in [6.45, 7) is 5.54. The highest BCUT2D eigenvalue weighted by Crippen LogP contribution is 2.34. The molecule has 0 spiro atoms. The van der Waals surface area contributed by atoms with Gasteiger partial charge in [0.1, 0.15) is 11.6 Å². The lowest BCUT2D eigenvalue weighted by atomic mass is 9.80. The monoisotopic (exact) mass is 253 g/mol. The Morgan fingerprint density at radius 3 is 2.50 bits per heavy atom. The molecule has 1 aromatic carbocycles. The Morgan fingerprint density at radius 2 is 1.94 bits per heavy atom. The summed E-state index contributed by atoms with van der Waals surface area (Å²) in [4.78, 5) is 0. The zero-order chi connectivity index (χ0) is 13.5. The van der Waals surface area contributed by atoms with Gasteiger partial charge in [0.2, 0.25) is 0 Å². The fraction of sp³-hybridized carbons (Fsp3) is 0.600. The first-order valence-electron chi connectivity index (χ1n) is 6.52. The fourth-order valence-corrected chi connectivity index (χ4v) is 2.76. The van der Waals surface area contributed by atoms with Crippen LogP contribution in [0.1, 0.15) is 43.9 Å². The highest BCUT2D eigenvalue weighted by Gasteiger charge is 2.29. The third kappa shape index (κ3) is 2.28. The van der Waals surface area contributed by atoms with Gasteiger partial charge in [-0.3, -0.25) is 0 Å². The molecule has 0 aliphatic heterocycles. The van der Waals surface area contributed by atoms with E-state index >= 15 is 0 Å². The summed E-state index contributed by atoms with van der Waals surface area (Å²) >= 11 is 0. The van der Waals surface area contributed by atoms with Crippen LogP contribution < -0.4 is 5.32 Å². The zero-order valence-electron chi connectivity index (χ0n) is 11.5. The molecule has 0 saturated carbocycles. The van der Waals surface area contributed by atoms with Crippen LogP contribution in [-0.2, 0) is 18.3 Å². The molecule has 0 amide bonds. The van der Waals surface area contributed by atoms with E-state index in [2.05, 4.69) is 5.32 Å². The lowest BCUT2D eigenvalue weighted by molar-refractivity contribution is 0.439. The van der Waals surface area contributed by atoms with E-state index in [1.807, 2.05) is 27.8 Å². The van der Waals surface area contributed by atoms with Crippen LogP contribution in [-0.4, -0.2) is 13.1 Å². The summed E-state index contributed by atoms with van der Waals surface area (Å²) in [6, 6.07) is 1.83. The van der Waals surface area contributed by atoms with E-state index in [1.54, 1.807) is 0 Å². The first-order valence-corrected chi connectivity index (χ1v) is 6.52. The Morgan fingerprint density at radius 1 is 1.28 bits per heavy atom. The van der Waals surface area contributed by atoms with Crippen molar-refractivity contribution in [1.82, 2.24) is 5.32 Å². The fourth-order valence-electron chi connectivity index (χ4n) is 2.76. The van der Waals surface area contributed by atoms with Gasteiger partial charge in [-0.15, -0.1) is 0 Å². The van der Waals surface area contributed by atoms with Crippen molar-refractivity contribution in [2.24, 2.45) is 0 Å². The van der Waals surface area contributed by atoms with Crippen molar-refractivity contribution in [1.29, 1.82) is 0 Å². The summed E-state index contributed by atoms with van der Waals surface area (Å²) < 4.78 is 28.6. The number of nitrogens with one attached hydrogen (secondary N) is 1. The van der Waals surface area contributed by atoms with Gasteiger partial charge in [-0.2, -0.15) is 0 Å². The predicted octanol–water partition coefficient (Wildman–Crippen LogP) is 3.34. The van der Waals surface area contributed by atoms with Crippen molar-refractivity contribution >= 4 is 0 Å². The summed E-state index contributed by atoms with van der Waals surface area (Å²) in [5.41, 5.74) is 1.25. The quantitative estimate of drug-likeness (QED) is 0.809. The second-order valence-electron chi connectivity index (χ2n) is 6.16. The molecule has 0 radical (unpaired) electrons. The molecule has 100 valence electrons. The molecule has 1 atom stereocenters. The number of benzene rings is 1. The summed E-state index contributed by atoms with van der Waals surface area (Å²) in [5.74, 6) is -0.737. The van der Waals surface area contributed by atoms with E-state index in [4.69, 9.17) is 0 Å². The summed E-state index contributed by atoms with van der Waals surface area (Å²) in [6.07, 6.45) is 2.34. The molecule has 1 aliphatic rings. The topological polar surface area (TPSA) is 12.0 Å². The van der Waals surface area contributed by atoms with Crippen LogP contribution in [0.4, 0.5) is 8.78 Å². The van der Waals surface area contributed by atoms with Crippen LogP contribution in [0.25, 0.3) is 0 Å². The SMILES string of the molecule is CNC1CCc2cc(F)c(C(C)(C)C)c(F)c2C1. The molecule has 0 aromatic heterocycles. The lowest BCUT2D eigenvalue weighted by Crippen LogP contribution is -2.33. The summed E-state index contributed by atoms with van der Waals surface area (Å²) in [7, 11) is 1.89. The number of hydrogen-bond acceptors (Lipinski definition) is 1. The molecule has 1 N–H and O–H groups in total. The standard InChI is InChI=1S/C15H21F2N/c1-15(2,3)13-12(16)7-9-5-6-10(18-4)8-11(9)14(13)17/h7,10,18H,5-6,8H2,1-4H3. The van der Waals surface area contributed by atoms with Crippen LogP contribution in [0.2, 0.25) is 0 Å². The maximum Gasteiger partial charge on any atom is 0.133 e. The molecular weight excluding hydrogens is 232 g/mol. The number of aryl methyl sites for hydroxylation is 1. The van der Waals surface area contributed by atoms with Crippen molar-refractivity contribution in [3.05, 3.63) is 34.4 Å². The molecule has 1 nitrogen and oxygen atoms in total. The zero-order valence-corrected chi connectivity index (χ0v) is 11.5. The number of likely N-dealkylation sites (N-methyl/N-ethyl adjacent to an activating group) is 1. The van der Waals surface area contributed by atoms with Gasteiger partial charge in [0.05, 0.1) is 0 Å². The smallest absolute Gasteiger partial charge is 0.133 e. The molecule has 0 fully saturated rings. The molecule has 2 rings (SSSR count). The number of hydrogen-bond donors (Lipinski definition) is 1. The Balaban J connectivity index is 2.54. The molecule has 3 heteroatoms. The Labute approximate surface area is 108 Å². The van der Waals surface area contributed by atoms with Gasteiger partial charge in [0, 0.05) is 11.6 Å². The van der Waals surface area contributed by atoms with Gasteiger partial charge < -0.3 is 5.32 Å². The third-order valence-corrected chi connectivity index (χ3v) is 3.78. The summed E-state index contributed by atoms with van der Waals surface area (Å²) in [5, 5.41) is 3.18. The second kappa shape index (κ2) is 4.61. The first-order chi connectivity index (χ1) is 8.34. The number of rotatable bonds is 1. The van der Waals surface area contributed by atoms with E-state index in [0.29, 0.717) is 18.0 Å². The highest BCUT2D eigenvalue weighted by molar-refractivity contribution is 5.40. The van der Waals surface area contributed by atoms with Crippen molar-refractivity contribution in [3.8, 4) is 0 Å². The molecule has 0 saturated heterocycles. The maximum atomic E-state index is 14.6. The van der Waals surface area contributed by atoms with Crippen molar-refractivity contribution < 1.29 is 8.78 Å². The highest BCUT2D eigenvalue weighted by atomic mass is 19.1. The van der Waals surface area contributed by atoms with Gasteiger partial charge in [-0.05, 0) is 48.9 Å². The molecule has 18 heavy (non-hydrogen) atoms. The third-order valence-electron chi connectivity index (χ3n) is 3.78. The van der Waals surface area contributed by atoms with Crippen LogP contribution in [0.15, 0.2) is 6.07 Å². The van der Waals surface area contributed by atoms with Crippen LogP contribution in [0, 0.1) is 11.6 Å². The minimum Gasteiger partial charge on any atom is -0.317 e. The van der Waals surface area contributed by atoms with Crippen LogP contribution in [0.3, 0.4) is 0 Å². The number of halogens is 2. The Hall–Kier alpha value is -0.960. The van der Waals surface area contributed by atoms with E-state index in [0.717, 1.165) is 18.4 Å². The average Bonchev–Trinajstić information content (AvgIpc) is 2.26. The average molecular weight is 253 g/mol. The van der Waals surface area contributed by atoms with E-state index in [9.17, 15) is 8.78 Å². The number of fused-ring (bicyclic) bond motifs is 1. The van der Waals surface area contributed by atoms with Crippen molar-refractivity contribution in [2.45, 2.75) is 51.5 Å². The first kappa shape index (κ1) is 13.5. The molecule has 1 aliphatic carbocycles. The van der Waals surface area contributed by atoms with E-state index < -0.39 is 11.2 Å². The predicted molar refractivity (Wildman–Crippen MR) is 69.9 cm³/mol. The molecule has 0 heterocycles. The minimum atomic E-state index is -0.504. The van der Waals surface area contributed by atoms with Crippen LogP contribution >= 0.6 is 0 Å². The largest absolute Gasteiger partial charge is 0.317 e. The normalized spacial score (nSPS) is 19.8. The van der Waals surface area contributed by atoms with Gasteiger partial charge in [-0.25, -0.2) is 8.78 Å². The molecule has 0 bridgehead atoms. The van der Waals surface area contributed by atoms with E-state index in [-0.39, 0.29) is 11.4 Å². The minimum absolute atomic E-state index is 0.220. The van der Waals surface area contributed by atoms with Gasteiger partial charge in [0.25, 0.3) is 0 Å². The maximum absolute atomic E-state index is 14.6. The Bertz CT molecular complexity index is 461.